The lowest BCUT2D eigenvalue weighted by Gasteiger charge is -2.27. The summed E-state index contributed by atoms with van der Waals surface area (Å²) >= 11 is 1.58. The van der Waals surface area contributed by atoms with Gasteiger partial charge in [0.05, 0.1) is 17.0 Å². The molecule has 1 N–H and O–H groups in total. The first-order chi connectivity index (χ1) is 11.5. The van der Waals surface area contributed by atoms with Crippen LogP contribution in [0.25, 0.3) is 10.7 Å². The van der Waals surface area contributed by atoms with Gasteiger partial charge in [0.2, 0.25) is 11.7 Å². The van der Waals surface area contributed by atoms with E-state index in [1.807, 2.05) is 35.7 Å². The second-order valence-corrected chi connectivity index (χ2v) is 7.38. The lowest BCUT2D eigenvalue weighted by Crippen LogP contribution is -2.38. The van der Waals surface area contributed by atoms with E-state index in [9.17, 15) is 5.11 Å². The molecule has 3 aromatic rings. The molecule has 6 heteroatoms. The van der Waals surface area contributed by atoms with E-state index in [2.05, 4.69) is 27.2 Å². The van der Waals surface area contributed by atoms with Crippen LogP contribution in [-0.4, -0.2) is 32.3 Å². The molecule has 0 bridgehead atoms. The number of nitrogens with zero attached hydrogens (tertiary/aromatic N) is 3. The molecule has 0 saturated heterocycles. The third-order valence-corrected chi connectivity index (χ3v) is 4.29. The number of rotatable bonds is 7. The predicted molar refractivity (Wildman–Crippen MR) is 94.5 cm³/mol. The average molecular weight is 343 g/mol. The van der Waals surface area contributed by atoms with E-state index in [0.29, 0.717) is 31.3 Å². The van der Waals surface area contributed by atoms with Gasteiger partial charge in [-0.3, -0.25) is 4.90 Å². The molecular formula is C18H21N3O2S. The average Bonchev–Trinajstić information content (AvgIpc) is 3.17. The lowest BCUT2D eigenvalue weighted by atomic mass is 10.1. The van der Waals surface area contributed by atoms with Crippen molar-refractivity contribution in [1.29, 1.82) is 0 Å². The smallest absolute Gasteiger partial charge is 0.241 e. The van der Waals surface area contributed by atoms with Gasteiger partial charge in [-0.25, -0.2) is 0 Å². The first-order valence-electron chi connectivity index (χ1n) is 7.85. The second kappa shape index (κ2) is 7.25. The van der Waals surface area contributed by atoms with Crippen LogP contribution in [0.3, 0.4) is 0 Å². The van der Waals surface area contributed by atoms with Gasteiger partial charge in [-0.15, -0.1) is 11.3 Å². The van der Waals surface area contributed by atoms with Gasteiger partial charge in [-0.1, -0.05) is 41.6 Å². The summed E-state index contributed by atoms with van der Waals surface area (Å²) in [7, 11) is 0. The molecule has 126 valence electrons. The molecule has 0 amide bonds. The van der Waals surface area contributed by atoms with E-state index < -0.39 is 5.60 Å². The minimum Gasteiger partial charge on any atom is -0.389 e. The largest absolute Gasteiger partial charge is 0.389 e. The first-order valence-corrected chi connectivity index (χ1v) is 8.73. The van der Waals surface area contributed by atoms with Crippen LogP contribution in [-0.2, 0) is 13.1 Å². The Morgan fingerprint density at radius 2 is 1.92 bits per heavy atom. The number of hydrogen-bond donors (Lipinski definition) is 1. The van der Waals surface area contributed by atoms with Crippen molar-refractivity contribution in [2.75, 3.05) is 6.54 Å². The molecule has 24 heavy (non-hydrogen) atoms. The third kappa shape index (κ3) is 4.74. The van der Waals surface area contributed by atoms with Crippen molar-refractivity contribution in [2.45, 2.75) is 32.5 Å². The van der Waals surface area contributed by atoms with Gasteiger partial charge in [0.25, 0.3) is 0 Å². The fourth-order valence-corrected chi connectivity index (χ4v) is 3.22. The van der Waals surface area contributed by atoms with Gasteiger partial charge >= 0.3 is 0 Å². The molecule has 2 aromatic heterocycles. The Hall–Kier alpha value is -2.02. The molecule has 0 unspecified atom stereocenters. The van der Waals surface area contributed by atoms with E-state index in [1.54, 1.807) is 25.2 Å². The highest BCUT2D eigenvalue weighted by Crippen LogP contribution is 2.22. The molecule has 0 atom stereocenters. The van der Waals surface area contributed by atoms with Gasteiger partial charge in [0, 0.05) is 13.1 Å². The summed E-state index contributed by atoms with van der Waals surface area (Å²) in [5.74, 6) is 1.17. The summed E-state index contributed by atoms with van der Waals surface area (Å²) in [5.41, 5.74) is 0.380. The van der Waals surface area contributed by atoms with Crippen LogP contribution in [0.2, 0.25) is 0 Å². The molecule has 0 saturated carbocycles. The van der Waals surface area contributed by atoms with Crippen LogP contribution < -0.4 is 0 Å². The van der Waals surface area contributed by atoms with Crippen molar-refractivity contribution in [3.8, 4) is 10.7 Å². The molecule has 1 aromatic carbocycles. The van der Waals surface area contributed by atoms with E-state index in [0.717, 1.165) is 4.88 Å². The Balaban J connectivity index is 1.73. The summed E-state index contributed by atoms with van der Waals surface area (Å²) < 4.78 is 5.39. The Labute approximate surface area is 145 Å². The molecule has 0 fully saturated rings. The molecule has 0 aliphatic rings. The monoisotopic (exact) mass is 343 g/mol. The van der Waals surface area contributed by atoms with Crippen molar-refractivity contribution < 1.29 is 9.63 Å². The molecule has 0 aliphatic heterocycles. The maximum Gasteiger partial charge on any atom is 0.241 e. The number of benzene rings is 1. The first kappa shape index (κ1) is 16.8. The minimum absolute atomic E-state index is 0.497. The highest BCUT2D eigenvalue weighted by Gasteiger charge is 2.21. The normalized spacial score (nSPS) is 12.0. The van der Waals surface area contributed by atoms with Crippen molar-refractivity contribution in [2.24, 2.45) is 0 Å². The van der Waals surface area contributed by atoms with Crippen molar-refractivity contribution >= 4 is 11.3 Å². The third-order valence-electron chi connectivity index (χ3n) is 3.43. The molecule has 5 nitrogen and oxygen atoms in total. The second-order valence-electron chi connectivity index (χ2n) is 6.43. The Bertz CT molecular complexity index is 748. The van der Waals surface area contributed by atoms with Gasteiger partial charge in [-0.05, 0) is 30.9 Å². The van der Waals surface area contributed by atoms with Gasteiger partial charge < -0.3 is 9.63 Å². The lowest BCUT2D eigenvalue weighted by molar-refractivity contribution is 0.0273. The van der Waals surface area contributed by atoms with E-state index in [1.165, 1.54) is 5.56 Å². The number of hydrogen-bond acceptors (Lipinski definition) is 6. The zero-order chi connectivity index (χ0) is 17.0. The SMILES string of the molecule is CC(C)(O)CN(Cc1ccccc1)Cc1nc(-c2cccs2)no1. The summed E-state index contributed by atoms with van der Waals surface area (Å²) in [4.78, 5) is 7.57. The molecule has 0 radical (unpaired) electrons. The molecule has 3 rings (SSSR count). The molecule has 2 heterocycles. The van der Waals surface area contributed by atoms with Crippen molar-refractivity contribution in [3.63, 3.8) is 0 Å². The topological polar surface area (TPSA) is 62.4 Å². The maximum absolute atomic E-state index is 10.2. The summed E-state index contributed by atoms with van der Waals surface area (Å²) in [6.07, 6.45) is 0. The molecule has 0 aliphatic carbocycles. The van der Waals surface area contributed by atoms with Crippen LogP contribution in [0, 0.1) is 0 Å². The van der Waals surface area contributed by atoms with E-state index >= 15 is 0 Å². The number of thiophene rings is 1. The van der Waals surface area contributed by atoms with Crippen LogP contribution in [0.5, 0.6) is 0 Å². The van der Waals surface area contributed by atoms with Gasteiger partial charge in [0.15, 0.2) is 0 Å². The number of aliphatic hydroxyl groups is 1. The minimum atomic E-state index is -0.800. The summed E-state index contributed by atoms with van der Waals surface area (Å²) in [6.45, 7) is 5.32. The van der Waals surface area contributed by atoms with Crippen LogP contribution in [0.1, 0.15) is 25.3 Å². The Morgan fingerprint density at radius 3 is 2.58 bits per heavy atom. The molecular weight excluding hydrogens is 322 g/mol. The summed E-state index contributed by atoms with van der Waals surface area (Å²) in [6, 6.07) is 14.1. The van der Waals surface area contributed by atoms with Crippen LogP contribution in [0.4, 0.5) is 0 Å². The number of aromatic nitrogens is 2. The van der Waals surface area contributed by atoms with Crippen LogP contribution in [0.15, 0.2) is 52.4 Å². The quantitative estimate of drug-likeness (QED) is 0.710. The highest BCUT2D eigenvalue weighted by molar-refractivity contribution is 7.13. The Kier molecular flexibility index (Phi) is 5.08. The standard InChI is InChI=1S/C18H21N3O2S/c1-18(2,22)13-21(11-14-7-4-3-5-8-14)12-16-19-17(20-23-16)15-9-6-10-24-15/h3-10,22H,11-13H2,1-2H3. The predicted octanol–water partition coefficient (Wildman–Crippen LogP) is 3.57. The van der Waals surface area contributed by atoms with Crippen LogP contribution >= 0.6 is 11.3 Å². The van der Waals surface area contributed by atoms with Gasteiger partial charge in [-0.2, -0.15) is 4.98 Å². The fourth-order valence-electron chi connectivity index (χ4n) is 2.57. The van der Waals surface area contributed by atoms with Crippen molar-refractivity contribution in [3.05, 3.63) is 59.3 Å². The van der Waals surface area contributed by atoms with Crippen molar-refractivity contribution in [1.82, 2.24) is 15.0 Å². The highest BCUT2D eigenvalue weighted by atomic mass is 32.1. The van der Waals surface area contributed by atoms with E-state index in [4.69, 9.17) is 4.52 Å². The Morgan fingerprint density at radius 1 is 1.12 bits per heavy atom. The van der Waals surface area contributed by atoms with E-state index in [-0.39, 0.29) is 0 Å². The zero-order valence-electron chi connectivity index (χ0n) is 13.8. The maximum atomic E-state index is 10.2. The zero-order valence-corrected chi connectivity index (χ0v) is 14.7. The molecule has 0 spiro atoms. The summed E-state index contributed by atoms with van der Waals surface area (Å²) in [5, 5.41) is 16.2. The fraction of sp³-hybridized carbons (Fsp3) is 0.333. The van der Waals surface area contributed by atoms with Gasteiger partial charge in [0.1, 0.15) is 0 Å².